The normalized spacial score (nSPS) is 10.3. The minimum atomic E-state index is 0.0504. The van der Waals surface area contributed by atoms with Gasteiger partial charge in [-0.05, 0) is 12.1 Å². The third kappa shape index (κ3) is 4.72. The van der Waals surface area contributed by atoms with Gasteiger partial charge in [0.15, 0.2) is 0 Å². The lowest BCUT2D eigenvalue weighted by atomic mass is 10.2. The lowest BCUT2D eigenvalue weighted by molar-refractivity contribution is 0.141. The van der Waals surface area contributed by atoms with E-state index in [1.807, 2.05) is 11.0 Å². The zero-order valence-corrected chi connectivity index (χ0v) is 10.2. The number of hydrogen-bond donors (Lipinski definition) is 2. The van der Waals surface area contributed by atoms with Gasteiger partial charge in [0.25, 0.3) is 0 Å². The van der Waals surface area contributed by atoms with Crippen LogP contribution in [-0.4, -0.2) is 54.6 Å². The van der Waals surface area contributed by atoms with Gasteiger partial charge >= 0.3 is 0 Å². The second kappa shape index (κ2) is 8.48. The first-order chi connectivity index (χ1) is 8.81. The van der Waals surface area contributed by atoms with Crippen LogP contribution in [0.5, 0.6) is 5.75 Å². The van der Waals surface area contributed by atoms with Crippen molar-refractivity contribution < 1.29 is 14.9 Å². The number of benzene rings is 1. The van der Waals surface area contributed by atoms with Crippen molar-refractivity contribution >= 4 is 0 Å². The van der Waals surface area contributed by atoms with Crippen LogP contribution < -0.4 is 4.74 Å². The van der Waals surface area contributed by atoms with E-state index in [0.29, 0.717) is 37.6 Å². The molecule has 0 bridgehead atoms. The maximum Gasteiger partial charge on any atom is 0.137 e. The topological polar surface area (TPSA) is 76.7 Å². The van der Waals surface area contributed by atoms with Crippen molar-refractivity contribution in [3.05, 3.63) is 29.8 Å². The molecule has 18 heavy (non-hydrogen) atoms. The quantitative estimate of drug-likeness (QED) is 0.690. The fourth-order valence-corrected chi connectivity index (χ4v) is 1.59. The summed E-state index contributed by atoms with van der Waals surface area (Å²) in [5.41, 5.74) is 0.508. The highest BCUT2D eigenvalue weighted by Crippen LogP contribution is 2.16. The molecule has 0 aromatic heterocycles. The molecule has 0 amide bonds. The predicted octanol–water partition coefficient (Wildman–Crippen LogP) is 0.224. The van der Waals surface area contributed by atoms with Gasteiger partial charge in [-0.25, -0.2) is 0 Å². The molecule has 2 N–H and O–H groups in total. The highest BCUT2D eigenvalue weighted by atomic mass is 16.5. The Kier molecular flexibility index (Phi) is 6.81. The molecule has 0 aliphatic rings. The monoisotopic (exact) mass is 250 g/mol. The van der Waals surface area contributed by atoms with Crippen LogP contribution >= 0.6 is 0 Å². The van der Waals surface area contributed by atoms with E-state index in [2.05, 4.69) is 6.07 Å². The third-order valence-electron chi connectivity index (χ3n) is 2.51. The van der Waals surface area contributed by atoms with E-state index in [0.717, 1.165) is 0 Å². The lowest BCUT2D eigenvalue weighted by Crippen LogP contribution is -2.33. The second-order valence-corrected chi connectivity index (χ2v) is 3.75. The second-order valence-electron chi connectivity index (χ2n) is 3.75. The summed E-state index contributed by atoms with van der Waals surface area (Å²) in [6.45, 7) is 2.12. The minimum Gasteiger partial charge on any atom is -0.491 e. The van der Waals surface area contributed by atoms with Gasteiger partial charge in [0, 0.05) is 19.6 Å². The molecule has 98 valence electrons. The standard InChI is InChI=1S/C13H18N2O3/c14-11-12-3-1-2-4-13(12)18-10-7-15(5-8-16)6-9-17/h1-4,16-17H,5-10H2. The predicted molar refractivity (Wildman–Crippen MR) is 67.3 cm³/mol. The average Bonchev–Trinajstić information content (AvgIpc) is 2.40. The number of aliphatic hydroxyl groups excluding tert-OH is 2. The number of rotatable bonds is 8. The van der Waals surface area contributed by atoms with E-state index in [-0.39, 0.29) is 13.2 Å². The van der Waals surface area contributed by atoms with Crippen LogP contribution in [0.25, 0.3) is 0 Å². The zero-order valence-electron chi connectivity index (χ0n) is 10.2. The molecule has 0 spiro atoms. The van der Waals surface area contributed by atoms with Gasteiger partial charge in [-0.2, -0.15) is 5.26 Å². The SMILES string of the molecule is N#Cc1ccccc1OCCN(CCO)CCO. The maximum atomic E-state index is 8.89. The van der Waals surface area contributed by atoms with Crippen LogP contribution in [0.15, 0.2) is 24.3 Å². The van der Waals surface area contributed by atoms with Gasteiger partial charge in [0.1, 0.15) is 18.4 Å². The molecule has 0 heterocycles. The Balaban J connectivity index is 2.42. The molecular weight excluding hydrogens is 232 g/mol. The average molecular weight is 250 g/mol. The van der Waals surface area contributed by atoms with Crippen molar-refractivity contribution in [1.82, 2.24) is 4.90 Å². The van der Waals surface area contributed by atoms with Crippen molar-refractivity contribution in [3.63, 3.8) is 0 Å². The molecular formula is C13H18N2O3. The van der Waals surface area contributed by atoms with Crippen LogP contribution in [0.1, 0.15) is 5.56 Å². The van der Waals surface area contributed by atoms with Crippen LogP contribution in [0.2, 0.25) is 0 Å². The summed E-state index contributed by atoms with van der Waals surface area (Å²) >= 11 is 0. The molecule has 5 heteroatoms. The van der Waals surface area contributed by atoms with E-state index >= 15 is 0 Å². The van der Waals surface area contributed by atoms with Crippen LogP contribution in [0.3, 0.4) is 0 Å². The van der Waals surface area contributed by atoms with Crippen molar-refractivity contribution in [2.75, 3.05) is 39.5 Å². The Labute approximate surface area is 107 Å². The van der Waals surface area contributed by atoms with Gasteiger partial charge in [-0.3, -0.25) is 4.90 Å². The molecule has 0 saturated carbocycles. The Morgan fingerprint density at radius 3 is 2.39 bits per heavy atom. The number of nitrogens with zero attached hydrogens (tertiary/aromatic N) is 2. The molecule has 0 atom stereocenters. The largest absolute Gasteiger partial charge is 0.491 e. The van der Waals surface area contributed by atoms with Crippen LogP contribution in [-0.2, 0) is 0 Å². The third-order valence-corrected chi connectivity index (χ3v) is 2.51. The van der Waals surface area contributed by atoms with Crippen molar-refractivity contribution in [2.45, 2.75) is 0 Å². The number of hydrogen-bond acceptors (Lipinski definition) is 5. The van der Waals surface area contributed by atoms with Crippen LogP contribution in [0, 0.1) is 11.3 Å². The highest BCUT2D eigenvalue weighted by Gasteiger charge is 2.05. The Bertz CT molecular complexity index is 384. The van der Waals surface area contributed by atoms with Gasteiger partial charge in [0.2, 0.25) is 0 Å². The van der Waals surface area contributed by atoms with Gasteiger partial charge in [-0.15, -0.1) is 0 Å². The first kappa shape index (κ1) is 14.5. The molecule has 0 radical (unpaired) electrons. The van der Waals surface area contributed by atoms with Gasteiger partial charge in [-0.1, -0.05) is 12.1 Å². The number of aliphatic hydroxyl groups is 2. The number of ether oxygens (including phenoxy) is 1. The van der Waals surface area contributed by atoms with E-state index in [9.17, 15) is 0 Å². The first-order valence-corrected chi connectivity index (χ1v) is 5.87. The van der Waals surface area contributed by atoms with Gasteiger partial charge < -0.3 is 14.9 Å². The summed E-state index contributed by atoms with van der Waals surface area (Å²) in [5.74, 6) is 0.563. The number of nitriles is 1. The molecule has 1 rings (SSSR count). The first-order valence-electron chi connectivity index (χ1n) is 5.87. The smallest absolute Gasteiger partial charge is 0.137 e. The summed E-state index contributed by atoms with van der Waals surface area (Å²) in [4.78, 5) is 1.90. The zero-order chi connectivity index (χ0) is 13.2. The maximum absolute atomic E-state index is 8.89. The molecule has 1 aromatic rings. The summed E-state index contributed by atoms with van der Waals surface area (Å²) in [6.07, 6.45) is 0. The molecule has 0 saturated heterocycles. The Hall–Kier alpha value is -1.61. The van der Waals surface area contributed by atoms with E-state index in [1.54, 1.807) is 18.2 Å². The summed E-state index contributed by atoms with van der Waals surface area (Å²) in [7, 11) is 0. The minimum absolute atomic E-state index is 0.0504. The van der Waals surface area contributed by atoms with E-state index < -0.39 is 0 Å². The van der Waals surface area contributed by atoms with Gasteiger partial charge in [0.05, 0.1) is 18.8 Å². The molecule has 0 unspecified atom stereocenters. The van der Waals surface area contributed by atoms with E-state index in [1.165, 1.54) is 0 Å². The number of para-hydroxylation sites is 1. The Morgan fingerprint density at radius 1 is 1.11 bits per heavy atom. The summed E-state index contributed by atoms with van der Waals surface area (Å²) in [5, 5.41) is 26.6. The molecule has 1 aromatic carbocycles. The summed E-state index contributed by atoms with van der Waals surface area (Å²) in [6, 6.07) is 9.12. The summed E-state index contributed by atoms with van der Waals surface area (Å²) < 4.78 is 5.52. The van der Waals surface area contributed by atoms with Crippen molar-refractivity contribution in [2.24, 2.45) is 0 Å². The fraction of sp³-hybridized carbons (Fsp3) is 0.462. The fourth-order valence-electron chi connectivity index (χ4n) is 1.59. The highest BCUT2D eigenvalue weighted by molar-refractivity contribution is 5.42. The van der Waals surface area contributed by atoms with Crippen molar-refractivity contribution in [1.29, 1.82) is 5.26 Å². The Morgan fingerprint density at radius 2 is 1.78 bits per heavy atom. The lowest BCUT2D eigenvalue weighted by Gasteiger charge is -2.20. The molecule has 0 aliphatic carbocycles. The molecule has 5 nitrogen and oxygen atoms in total. The van der Waals surface area contributed by atoms with E-state index in [4.69, 9.17) is 20.2 Å². The molecule has 0 fully saturated rings. The van der Waals surface area contributed by atoms with Crippen LogP contribution in [0.4, 0.5) is 0 Å². The molecule has 0 aliphatic heterocycles. The van der Waals surface area contributed by atoms with Crippen molar-refractivity contribution in [3.8, 4) is 11.8 Å².